The van der Waals surface area contributed by atoms with Crippen molar-refractivity contribution in [2.45, 2.75) is 141 Å². The fraction of sp³-hybridized carbons (Fsp3) is 0.435. The van der Waals surface area contributed by atoms with Gasteiger partial charge in [-0.05, 0) is 206 Å². The molecule has 74 heavy (non-hydrogen) atoms. The predicted molar refractivity (Wildman–Crippen MR) is 308 cm³/mol. The average Bonchev–Trinajstić information content (AvgIpc) is 4.23. The summed E-state index contributed by atoms with van der Waals surface area (Å²) in [5, 5.41) is 7.85. The number of hydrogen-bond acceptors (Lipinski definition) is 5. The van der Waals surface area contributed by atoms with Crippen LogP contribution in [-0.4, -0.2) is 44.3 Å². The van der Waals surface area contributed by atoms with Gasteiger partial charge in [0, 0.05) is 73.2 Å². The van der Waals surface area contributed by atoms with Crippen molar-refractivity contribution in [3.05, 3.63) is 200 Å². The molecule has 5 aromatic rings. The lowest BCUT2D eigenvalue weighted by Crippen LogP contribution is -2.25. The number of hydrogen-bond donors (Lipinski definition) is 2. The molecule has 12 rings (SSSR count). The summed E-state index contributed by atoms with van der Waals surface area (Å²) < 4.78 is 11.0. The van der Waals surface area contributed by atoms with E-state index in [0.29, 0.717) is 37.1 Å². The molecule has 0 aromatic heterocycles. The first kappa shape index (κ1) is 50.4. The number of carbonyl (C=O) groups is 1. The van der Waals surface area contributed by atoms with E-state index in [1.54, 1.807) is 0 Å². The second-order valence-electron chi connectivity index (χ2n) is 23.3. The van der Waals surface area contributed by atoms with Crippen molar-refractivity contribution in [1.29, 1.82) is 0 Å². The van der Waals surface area contributed by atoms with Crippen molar-refractivity contribution in [1.82, 2.24) is 0 Å². The molecule has 2 unspecified atom stereocenters. The Labute approximate surface area is 443 Å². The van der Waals surface area contributed by atoms with Crippen molar-refractivity contribution >= 4 is 29.3 Å². The highest BCUT2D eigenvalue weighted by Gasteiger charge is 2.28. The Balaban J connectivity index is 0.000000159. The van der Waals surface area contributed by atoms with Gasteiger partial charge in [-0.3, -0.25) is 4.79 Å². The highest BCUT2D eigenvalue weighted by atomic mass is 16.5. The van der Waals surface area contributed by atoms with Crippen molar-refractivity contribution in [3.63, 3.8) is 0 Å². The normalized spacial score (nSPS) is 24.4. The molecule has 2 saturated heterocycles. The molecule has 5 heteroatoms. The maximum atomic E-state index is 13.0. The van der Waals surface area contributed by atoms with E-state index in [4.69, 9.17) is 9.47 Å². The number of carbonyl (C=O) groups excluding carboxylic acids is 1. The molecule has 384 valence electrons. The third kappa shape index (κ3) is 12.3. The van der Waals surface area contributed by atoms with Crippen molar-refractivity contribution < 1.29 is 14.3 Å². The van der Waals surface area contributed by atoms with Crippen LogP contribution in [0.25, 0.3) is 12.2 Å². The molecule has 0 amide bonds. The summed E-state index contributed by atoms with van der Waals surface area (Å²) in [6.45, 7) is 8.03. The van der Waals surface area contributed by atoms with E-state index in [-0.39, 0.29) is 11.7 Å². The van der Waals surface area contributed by atoms with E-state index in [1.807, 2.05) is 12.1 Å². The van der Waals surface area contributed by atoms with Gasteiger partial charge < -0.3 is 20.1 Å². The second-order valence-corrected chi connectivity index (χ2v) is 23.3. The Morgan fingerprint density at radius 1 is 0.541 bits per heavy atom. The number of rotatable bonds is 14. The highest BCUT2D eigenvalue weighted by Crippen LogP contribution is 2.43. The smallest absolute Gasteiger partial charge is 0.166 e. The fourth-order valence-corrected chi connectivity index (χ4v) is 13.2. The predicted octanol–water partition coefficient (Wildman–Crippen LogP) is 16.3. The van der Waals surface area contributed by atoms with Gasteiger partial charge in [0.05, 0.1) is 0 Å². The number of benzene rings is 5. The molecule has 0 spiro atoms. The van der Waals surface area contributed by atoms with Crippen molar-refractivity contribution in [2.75, 3.05) is 37.1 Å². The number of allylic oxidation sites excluding steroid dienone is 6. The van der Waals surface area contributed by atoms with Gasteiger partial charge in [0.1, 0.15) is 0 Å². The van der Waals surface area contributed by atoms with Crippen LogP contribution in [-0.2, 0) is 28.7 Å². The molecule has 0 radical (unpaired) electrons. The molecule has 2 heterocycles. The summed E-state index contributed by atoms with van der Waals surface area (Å²) in [6, 6.07) is 39.6. The summed E-state index contributed by atoms with van der Waals surface area (Å²) in [6.07, 6.45) is 34.9. The number of ketones is 1. The summed E-state index contributed by atoms with van der Waals surface area (Å²) >= 11 is 0. The van der Waals surface area contributed by atoms with E-state index in [9.17, 15) is 4.79 Å². The first-order valence-electron chi connectivity index (χ1n) is 28.9. The zero-order valence-corrected chi connectivity index (χ0v) is 44.3. The van der Waals surface area contributed by atoms with Crippen LogP contribution in [0.1, 0.15) is 175 Å². The van der Waals surface area contributed by atoms with Gasteiger partial charge in [0.25, 0.3) is 0 Å². The molecule has 0 bridgehead atoms. The van der Waals surface area contributed by atoms with Crippen LogP contribution in [0.2, 0.25) is 0 Å². The largest absolute Gasteiger partial charge is 0.382 e. The molecule has 2 atom stereocenters. The van der Waals surface area contributed by atoms with Gasteiger partial charge in [-0.25, -0.2) is 0 Å². The first-order valence-corrected chi connectivity index (χ1v) is 28.9. The van der Waals surface area contributed by atoms with Crippen LogP contribution in [0, 0.1) is 23.7 Å². The molecular weight excluding hydrogens is 905 g/mol. The molecule has 5 aliphatic carbocycles. The number of Topliss-reactive ketones (excluding diaryl/α,β-unsaturated/α-hetero) is 1. The third-order valence-electron chi connectivity index (χ3n) is 17.8. The fourth-order valence-electron chi connectivity index (χ4n) is 13.2. The van der Waals surface area contributed by atoms with Gasteiger partial charge in [0.15, 0.2) is 5.78 Å². The minimum absolute atomic E-state index is 0.106. The summed E-state index contributed by atoms with van der Waals surface area (Å²) in [5.41, 5.74) is 18.8. The lowest BCUT2D eigenvalue weighted by atomic mass is 9.86. The molecule has 2 saturated carbocycles. The van der Waals surface area contributed by atoms with Crippen LogP contribution in [0.3, 0.4) is 0 Å². The number of nitrogens with one attached hydrogen (secondary N) is 2. The van der Waals surface area contributed by atoms with Gasteiger partial charge in [-0.2, -0.15) is 0 Å². The molecule has 5 nitrogen and oxygen atoms in total. The van der Waals surface area contributed by atoms with Gasteiger partial charge >= 0.3 is 0 Å². The lowest BCUT2D eigenvalue weighted by molar-refractivity contribution is 0.0545. The van der Waals surface area contributed by atoms with Crippen LogP contribution >= 0.6 is 0 Å². The molecule has 5 aromatic carbocycles. The van der Waals surface area contributed by atoms with E-state index >= 15 is 0 Å². The Morgan fingerprint density at radius 2 is 1.05 bits per heavy atom. The molecule has 2 aliphatic heterocycles. The number of anilines is 2. The second kappa shape index (κ2) is 23.8. The zero-order valence-electron chi connectivity index (χ0n) is 44.3. The van der Waals surface area contributed by atoms with Crippen molar-refractivity contribution in [3.8, 4) is 0 Å². The molecule has 4 fully saturated rings. The number of fused-ring (bicyclic) bond motifs is 2. The topological polar surface area (TPSA) is 59.6 Å². The first-order chi connectivity index (χ1) is 36.3. The number of ether oxygens (including phenoxy) is 2. The van der Waals surface area contributed by atoms with E-state index in [0.717, 1.165) is 68.6 Å². The minimum atomic E-state index is 0.106. The Bertz CT molecular complexity index is 2810. The van der Waals surface area contributed by atoms with E-state index in [2.05, 4.69) is 158 Å². The Morgan fingerprint density at radius 3 is 1.61 bits per heavy atom. The highest BCUT2D eigenvalue weighted by molar-refractivity contribution is 5.98. The third-order valence-corrected chi connectivity index (χ3v) is 17.8. The zero-order chi connectivity index (χ0) is 50.2. The average molecular weight is 985 g/mol. The summed E-state index contributed by atoms with van der Waals surface area (Å²) in [7, 11) is 0. The molecule has 7 aliphatic rings. The van der Waals surface area contributed by atoms with Crippen molar-refractivity contribution in [2.24, 2.45) is 23.7 Å². The lowest BCUT2D eigenvalue weighted by Gasteiger charge is -2.28. The van der Waals surface area contributed by atoms with E-state index < -0.39 is 0 Å². The Kier molecular flexibility index (Phi) is 16.2. The van der Waals surface area contributed by atoms with Gasteiger partial charge in [-0.15, -0.1) is 0 Å². The maximum absolute atomic E-state index is 13.0. The standard InChI is InChI=1S/C35H41NO.C34H39NO2/c1-25-7-13-31(14-8-25)36-32-23-30(34-16-15-33(35(34)24-32)29-5-3-2-4-6-29)22-27-11-9-26(10-12-27)21-28-17-19-37-20-18-28;1-23-6-12-29(13-7-23)35-30-21-28(32-15-14-31(33(32)22-30)25-4-2-3-5-25)20-24-8-10-26(11-9-24)34(36)27-16-18-37-19-17-27/h2-6,9-12,15-16,23-25,28,31,33,36H,7-8,13-14,17-22H2,1H3;2,4-5,8-11,14-15,21-23,27,29,31,35H,3,6-7,12-13,16-20H2,1H3. The van der Waals surface area contributed by atoms with E-state index in [1.165, 1.54) is 143 Å². The maximum Gasteiger partial charge on any atom is 0.166 e. The van der Waals surface area contributed by atoms with Crippen LogP contribution in [0.4, 0.5) is 11.4 Å². The molecule has 2 N–H and O–H groups in total. The van der Waals surface area contributed by atoms with Gasteiger partial charge in [0.2, 0.25) is 0 Å². The van der Waals surface area contributed by atoms with Gasteiger partial charge in [-0.1, -0.05) is 135 Å². The molecular formula is C69H80N2O3. The Hall–Kier alpha value is -5.75. The van der Waals surface area contributed by atoms with Crippen LogP contribution < -0.4 is 10.6 Å². The summed E-state index contributed by atoms with van der Waals surface area (Å²) in [5.74, 6) is 3.56. The SMILES string of the molecule is CC1CCC(Nc2cc(Cc3ccc(C(=O)C4CCOCC4)cc3)c3c(c2)C(C2=CCC=C2)C=C3)CC1.CC1CCC(Nc2cc(Cc3ccc(CC4CCOCC4)cc3)c3c(c2)C(c2ccccc2)C=C3)CC1. The summed E-state index contributed by atoms with van der Waals surface area (Å²) in [4.78, 5) is 13.0. The van der Waals surface area contributed by atoms with Crippen LogP contribution in [0.15, 0.2) is 139 Å². The van der Waals surface area contributed by atoms with Crippen LogP contribution in [0.5, 0.6) is 0 Å². The quantitative estimate of drug-likeness (QED) is 0.109. The minimum Gasteiger partial charge on any atom is -0.382 e. The monoisotopic (exact) mass is 985 g/mol.